The third kappa shape index (κ3) is 3.50. The van der Waals surface area contributed by atoms with E-state index in [-0.39, 0.29) is 23.6 Å². The first-order valence-electron chi connectivity index (χ1n) is 7.23. The molecule has 0 saturated carbocycles. The molecule has 0 aromatic carbocycles. The maximum atomic E-state index is 11.6. The Bertz CT molecular complexity index is 466. The number of rotatable bonds is 4. The number of sulfone groups is 1. The molecular formula is C13H23N3O3S. The highest BCUT2D eigenvalue weighted by Gasteiger charge is 2.41. The second-order valence-electron chi connectivity index (χ2n) is 5.72. The van der Waals surface area contributed by atoms with Gasteiger partial charge in [0, 0.05) is 26.2 Å². The summed E-state index contributed by atoms with van der Waals surface area (Å²) in [4.78, 5) is 4.22. The van der Waals surface area contributed by atoms with Crippen molar-refractivity contribution < 1.29 is 13.5 Å². The van der Waals surface area contributed by atoms with E-state index in [1.54, 1.807) is 0 Å². The van der Waals surface area contributed by atoms with E-state index in [2.05, 4.69) is 22.8 Å². The molecule has 20 heavy (non-hydrogen) atoms. The summed E-state index contributed by atoms with van der Waals surface area (Å²) in [6.07, 6.45) is 1.09. The van der Waals surface area contributed by atoms with E-state index in [1.807, 2.05) is 0 Å². The van der Waals surface area contributed by atoms with Gasteiger partial charge in [0.2, 0.25) is 0 Å². The van der Waals surface area contributed by atoms with Crippen molar-refractivity contribution in [3.63, 3.8) is 0 Å². The van der Waals surface area contributed by atoms with Gasteiger partial charge in [-0.2, -0.15) is 5.26 Å². The maximum absolute atomic E-state index is 11.6. The number of hydrogen-bond acceptors (Lipinski definition) is 6. The van der Waals surface area contributed by atoms with Crippen LogP contribution in [0.25, 0.3) is 0 Å². The fourth-order valence-electron chi connectivity index (χ4n) is 3.14. The number of nitrogens with zero attached hydrogens (tertiary/aromatic N) is 3. The van der Waals surface area contributed by atoms with E-state index in [0.717, 1.165) is 39.0 Å². The summed E-state index contributed by atoms with van der Waals surface area (Å²) >= 11 is 0. The molecule has 2 aliphatic heterocycles. The third-order valence-electron chi connectivity index (χ3n) is 4.26. The zero-order chi connectivity index (χ0) is 14.8. The second kappa shape index (κ2) is 6.39. The van der Waals surface area contributed by atoms with Crippen molar-refractivity contribution in [3.05, 3.63) is 0 Å². The molecule has 2 rings (SSSR count). The Morgan fingerprint density at radius 2 is 1.95 bits per heavy atom. The summed E-state index contributed by atoms with van der Waals surface area (Å²) in [6, 6.07) is 2.03. The van der Waals surface area contributed by atoms with Crippen LogP contribution in [0.3, 0.4) is 0 Å². The fraction of sp³-hybridized carbons (Fsp3) is 0.923. The molecule has 2 fully saturated rings. The highest BCUT2D eigenvalue weighted by molar-refractivity contribution is 7.91. The maximum Gasteiger partial charge on any atom is 0.154 e. The first kappa shape index (κ1) is 15.7. The molecular weight excluding hydrogens is 278 g/mol. The topological polar surface area (TPSA) is 84.6 Å². The monoisotopic (exact) mass is 301 g/mol. The molecule has 2 heterocycles. The van der Waals surface area contributed by atoms with Gasteiger partial charge in [-0.05, 0) is 6.42 Å². The van der Waals surface area contributed by atoms with Crippen molar-refractivity contribution >= 4 is 9.84 Å². The molecule has 3 atom stereocenters. The molecule has 0 radical (unpaired) electrons. The Labute approximate surface area is 120 Å². The lowest BCUT2D eigenvalue weighted by Crippen LogP contribution is -2.55. The highest BCUT2D eigenvalue weighted by Crippen LogP contribution is 2.21. The largest absolute Gasteiger partial charge is 0.390 e. The van der Waals surface area contributed by atoms with Crippen LogP contribution in [-0.4, -0.2) is 79.2 Å². The first-order chi connectivity index (χ1) is 9.46. The molecule has 1 N–H and O–H groups in total. The fourth-order valence-corrected chi connectivity index (χ4v) is 4.97. The minimum absolute atomic E-state index is 0.0422. The summed E-state index contributed by atoms with van der Waals surface area (Å²) in [5, 5.41) is 19.1. The van der Waals surface area contributed by atoms with Crippen LogP contribution in [0.2, 0.25) is 0 Å². The summed E-state index contributed by atoms with van der Waals surface area (Å²) in [5.74, 6) is -0.0562. The zero-order valence-corrected chi connectivity index (χ0v) is 12.7. The number of hydrogen-bond donors (Lipinski definition) is 1. The van der Waals surface area contributed by atoms with E-state index in [0.29, 0.717) is 0 Å². The average molecular weight is 301 g/mol. The Morgan fingerprint density at radius 3 is 2.40 bits per heavy atom. The molecule has 0 aromatic heterocycles. The predicted octanol–water partition coefficient (Wildman–Crippen LogP) is -0.546. The number of piperazine rings is 1. The van der Waals surface area contributed by atoms with Crippen LogP contribution in [0.1, 0.15) is 19.8 Å². The molecule has 0 bridgehead atoms. The van der Waals surface area contributed by atoms with Crippen molar-refractivity contribution in [2.24, 2.45) is 0 Å². The summed E-state index contributed by atoms with van der Waals surface area (Å²) in [6.45, 7) is 5.04. The van der Waals surface area contributed by atoms with Crippen molar-refractivity contribution in [3.8, 4) is 6.07 Å². The lowest BCUT2D eigenvalue weighted by Gasteiger charge is -2.40. The first-order valence-corrected chi connectivity index (χ1v) is 9.05. The minimum atomic E-state index is -3.09. The SMILES string of the molecule is CCCC(C#N)N1CCN(C2CS(=O)(=O)CC2O)CC1. The molecule has 0 spiro atoms. The Morgan fingerprint density at radius 1 is 1.30 bits per heavy atom. The molecule has 2 aliphatic rings. The predicted molar refractivity (Wildman–Crippen MR) is 75.9 cm³/mol. The quantitative estimate of drug-likeness (QED) is 0.750. The van der Waals surface area contributed by atoms with Crippen LogP contribution >= 0.6 is 0 Å². The molecule has 2 saturated heterocycles. The number of aliphatic hydroxyl groups excluding tert-OH is 1. The molecule has 0 aromatic rings. The average Bonchev–Trinajstić information content (AvgIpc) is 2.69. The van der Waals surface area contributed by atoms with Gasteiger partial charge in [0.1, 0.15) is 0 Å². The molecule has 6 nitrogen and oxygen atoms in total. The van der Waals surface area contributed by atoms with Crippen LogP contribution in [0.15, 0.2) is 0 Å². The lowest BCUT2D eigenvalue weighted by molar-refractivity contribution is 0.0370. The van der Waals surface area contributed by atoms with E-state index in [4.69, 9.17) is 0 Å². The van der Waals surface area contributed by atoms with Crippen LogP contribution in [-0.2, 0) is 9.84 Å². The van der Waals surface area contributed by atoms with Gasteiger partial charge in [-0.3, -0.25) is 9.80 Å². The van der Waals surface area contributed by atoms with Gasteiger partial charge in [-0.1, -0.05) is 13.3 Å². The molecule has 0 amide bonds. The molecule has 0 aliphatic carbocycles. The Hall–Kier alpha value is -0.680. The van der Waals surface area contributed by atoms with E-state index in [1.165, 1.54) is 0 Å². The van der Waals surface area contributed by atoms with Crippen LogP contribution in [0, 0.1) is 11.3 Å². The Balaban J connectivity index is 1.90. The van der Waals surface area contributed by atoms with Gasteiger partial charge in [0.15, 0.2) is 9.84 Å². The van der Waals surface area contributed by atoms with E-state index in [9.17, 15) is 18.8 Å². The van der Waals surface area contributed by atoms with Gasteiger partial charge in [0.05, 0.1) is 35.8 Å². The van der Waals surface area contributed by atoms with Gasteiger partial charge in [-0.25, -0.2) is 8.42 Å². The number of nitriles is 1. The smallest absolute Gasteiger partial charge is 0.154 e. The second-order valence-corrected chi connectivity index (χ2v) is 7.87. The molecule has 3 unspecified atom stereocenters. The van der Waals surface area contributed by atoms with E-state index < -0.39 is 15.9 Å². The van der Waals surface area contributed by atoms with Gasteiger partial charge < -0.3 is 5.11 Å². The number of aliphatic hydroxyl groups is 1. The van der Waals surface area contributed by atoms with Gasteiger partial charge in [-0.15, -0.1) is 0 Å². The van der Waals surface area contributed by atoms with Crippen molar-refractivity contribution in [1.29, 1.82) is 5.26 Å². The summed E-state index contributed by atoms with van der Waals surface area (Å²) < 4.78 is 23.1. The van der Waals surface area contributed by atoms with Crippen molar-refractivity contribution in [2.45, 2.75) is 38.0 Å². The molecule has 114 valence electrons. The molecule has 7 heteroatoms. The Kier molecular flexibility index (Phi) is 5.02. The van der Waals surface area contributed by atoms with Crippen molar-refractivity contribution in [1.82, 2.24) is 9.80 Å². The standard InChI is InChI=1S/C13H23N3O3S/c1-2-3-11(8-14)15-4-6-16(7-5-15)12-9-20(18,19)10-13(12)17/h11-13,17H,2-7,9-10H2,1H3. The lowest BCUT2D eigenvalue weighted by atomic mass is 10.1. The van der Waals surface area contributed by atoms with Crippen LogP contribution < -0.4 is 0 Å². The van der Waals surface area contributed by atoms with E-state index >= 15 is 0 Å². The third-order valence-corrected chi connectivity index (χ3v) is 5.96. The van der Waals surface area contributed by atoms with Crippen molar-refractivity contribution in [2.75, 3.05) is 37.7 Å². The van der Waals surface area contributed by atoms with Gasteiger partial charge in [0.25, 0.3) is 0 Å². The minimum Gasteiger partial charge on any atom is -0.390 e. The van der Waals surface area contributed by atoms with Crippen LogP contribution in [0.5, 0.6) is 0 Å². The highest BCUT2D eigenvalue weighted by atomic mass is 32.2. The van der Waals surface area contributed by atoms with Gasteiger partial charge >= 0.3 is 0 Å². The summed E-state index contributed by atoms with van der Waals surface area (Å²) in [5.41, 5.74) is 0. The normalized spacial score (nSPS) is 32.9. The summed E-state index contributed by atoms with van der Waals surface area (Å²) in [7, 11) is -3.09. The van der Waals surface area contributed by atoms with Crippen LogP contribution in [0.4, 0.5) is 0 Å². The zero-order valence-electron chi connectivity index (χ0n) is 11.9.